The third-order valence-corrected chi connectivity index (χ3v) is 7.84. The van der Waals surface area contributed by atoms with E-state index in [9.17, 15) is 10.1 Å². The second-order valence-electron chi connectivity index (χ2n) is 8.00. The van der Waals surface area contributed by atoms with E-state index in [2.05, 4.69) is 6.07 Å². The number of hydrogen-bond acceptors (Lipinski definition) is 5. The number of amides is 1. The van der Waals surface area contributed by atoms with Gasteiger partial charge in [-0.3, -0.25) is 9.69 Å². The van der Waals surface area contributed by atoms with Gasteiger partial charge in [0, 0.05) is 15.4 Å². The first kappa shape index (κ1) is 22.3. The van der Waals surface area contributed by atoms with Crippen molar-refractivity contribution in [1.82, 2.24) is 4.98 Å². The molecule has 1 aliphatic heterocycles. The van der Waals surface area contributed by atoms with Gasteiger partial charge in [-0.2, -0.15) is 5.26 Å². The van der Waals surface area contributed by atoms with E-state index in [1.165, 1.54) is 17.3 Å². The zero-order valence-electron chi connectivity index (χ0n) is 18.7. The predicted molar refractivity (Wildman–Crippen MR) is 139 cm³/mol. The number of para-hydroxylation sites is 2. The van der Waals surface area contributed by atoms with Gasteiger partial charge in [0.25, 0.3) is 0 Å². The van der Waals surface area contributed by atoms with Gasteiger partial charge in [-0.05, 0) is 50.2 Å². The Hall–Kier alpha value is -3.53. The van der Waals surface area contributed by atoms with Crippen LogP contribution < -0.4 is 4.90 Å². The number of hydrogen-bond donors (Lipinski definition) is 0. The van der Waals surface area contributed by atoms with Crippen molar-refractivity contribution in [3.8, 4) is 17.3 Å². The van der Waals surface area contributed by atoms with Crippen LogP contribution in [0.5, 0.6) is 0 Å². The first-order chi connectivity index (χ1) is 16.5. The number of aromatic nitrogens is 1. The van der Waals surface area contributed by atoms with Crippen molar-refractivity contribution >= 4 is 40.8 Å². The van der Waals surface area contributed by atoms with Crippen LogP contribution >= 0.6 is 23.5 Å². The van der Waals surface area contributed by atoms with Gasteiger partial charge in [0.05, 0.1) is 27.9 Å². The molecule has 0 radical (unpaired) electrons. The van der Waals surface area contributed by atoms with Crippen molar-refractivity contribution in [3.63, 3.8) is 0 Å². The fraction of sp³-hybridized carbons (Fsp3) is 0.107. The molecule has 0 bridgehead atoms. The number of thioether (sulfide) groups is 1. The van der Waals surface area contributed by atoms with Crippen LogP contribution in [-0.4, -0.2) is 16.1 Å². The van der Waals surface area contributed by atoms with E-state index in [-0.39, 0.29) is 5.91 Å². The van der Waals surface area contributed by atoms with Crippen molar-refractivity contribution < 1.29 is 4.79 Å². The largest absolute Gasteiger partial charge is 0.278 e. The number of aryl methyl sites for hydroxylation is 1. The fourth-order valence-electron chi connectivity index (χ4n) is 3.84. The van der Waals surface area contributed by atoms with Crippen LogP contribution in [0, 0.1) is 18.3 Å². The normalized spacial score (nSPS) is 12.9. The van der Waals surface area contributed by atoms with Gasteiger partial charge >= 0.3 is 0 Å². The highest BCUT2D eigenvalue weighted by Crippen LogP contribution is 2.48. The molecule has 2 heterocycles. The van der Waals surface area contributed by atoms with E-state index in [1.54, 1.807) is 22.7 Å². The lowest BCUT2D eigenvalue weighted by Crippen LogP contribution is -2.34. The molecule has 0 saturated heterocycles. The summed E-state index contributed by atoms with van der Waals surface area (Å²) in [4.78, 5) is 22.5. The summed E-state index contributed by atoms with van der Waals surface area (Å²) >= 11 is 3.00. The molecule has 0 saturated carbocycles. The first-order valence-electron chi connectivity index (χ1n) is 10.9. The minimum Gasteiger partial charge on any atom is -0.278 e. The number of pyridine rings is 1. The van der Waals surface area contributed by atoms with Crippen molar-refractivity contribution in [2.24, 2.45) is 0 Å². The van der Waals surface area contributed by atoms with Crippen LogP contribution in [0.25, 0.3) is 11.3 Å². The Bertz CT molecular complexity index is 1380. The minimum atomic E-state index is -0.447. The highest BCUT2D eigenvalue weighted by molar-refractivity contribution is 8.00. The molecule has 0 spiro atoms. The molecule has 0 N–H and O–H groups in total. The Kier molecular flexibility index (Phi) is 6.14. The van der Waals surface area contributed by atoms with E-state index in [4.69, 9.17) is 4.98 Å². The van der Waals surface area contributed by atoms with Gasteiger partial charge in [-0.25, -0.2) is 4.98 Å². The maximum Gasteiger partial charge on any atom is 0.244 e. The molecule has 166 valence electrons. The number of benzene rings is 3. The van der Waals surface area contributed by atoms with Crippen LogP contribution in [0.2, 0.25) is 0 Å². The summed E-state index contributed by atoms with van der Waals surface area (Å²) in [6, 6.07) is 29.9. The van der Waals surface area contributed by atoms with Gasteiger partial charge in [0.15, 0.2) is 0 Å². The van der Waals surface area contributed by atoms with Crippen molar-refractivity contribution in [1.29, 1.82) is 5.26 Å². The molecule has 0 aliphatic carbocycles. The molecule has 1 amide bonds. The number of carbonyl (C=O) groups excluding carboxylic acids is 1. The van der Waals surface area contributed by atoms with Gasteiger partial charge in [0.1, 0.15) is 11.1 Å². The van der Waals surface area contributed by atoms with Crippen molar-refractivity contribution in [2.75, 3.05) is 4.90 Å². The SMILES string of the molecule is Cc1ccc(-c2ccc(C#N)c(SC(C)C(=O)N3c4ccccc4Sc4ccccc43)n2)cc1. The molecule has 34 heavy (non-hydrogen) atoms. The third kappa shape index (κ3) is 4.21. The number of nitrogens with zero attached hydrogens (tertiary/aromatic N) is 3. The zero-order valence-corrected chi connectivity index (χ0v) is 20.4. The number of nitriles is 1. The van der Waals surface area contributed by atoms with Gasteiger partial charge in [-0.1, -0.05) is 77.6 Å². The Balaban J connectivity index is 1.48. The van der Waals surface area contributed by atoms with E-state index >= 15 is 0 Å². The third-order valence-electron chi connectivity index (χ3n) is 5.62. The average molecular weight is 480 g/mol. The number of anilines is 2. The van der Waals surface area contributed by atoms with Crippen LogP contribution in [0.3, 0.4) is 0 Å². The quantitative estimate of drug-likeness (QED) is 0.289. The van der Waals surface area contributed by atoms with Crippen LogP contribution in [-0.2, 0) is 4.79 Å². The molecule has 1 aromatic heterocycles. The molecule has 3 aromatic carbocycles. The van der Waals surface area contributed by atoms with Crippen molar-refractivity contribution in [3.05, 3.63) is 96.1 Å². The van der Waals surface area contributed by atoms with Crippen LogP contribution in [0.4, 0.5) is 11.4 Å². The summed E-state index contributed by atoms with van der Waals surface area (Å²) in [7, 11) is 0. The molecular formula is C28H21N3OS2. The topological polar surface area (TPSA) is 57.0 Å². The Morgan fingerprint density at radius 2 is 1.56 bits per heavy atom. The van der Waals surface area contributed by atoms with Gasteiger partial charge in [0.2, 0.25) is 5.91 Å². The lowest BCUT2D eigenvalue weighted by atomic mass is 10.1. The second-order valence-corrected chi connectivity index (χ2v) is 10.4. The Labute approximate surface area is 207 Å². The van der Waals surface area contributed by atoms with E-state index in [0.29, 0.717) is 10.6 Å². The fourth-order valence-corrected chi connectivity index (χ4v) is 5.83. The molecule has 6 heteroatoms. The summed E-state index contributed by atoms with van der Waals surface area (Å²) in [5.74, 6) is -0.0448. The molecule has 1 unspecified atom stereocenters. The molecule has 1 aliphatic rings. The second kappa shape index (κ2) is 9.38. The van der Waals surface area contributed by atoms with Crippen molar-refractivity contribution in [2.45, 2.75) is 33.9 Å². The highest BCUT2D eigenvalue weighted by Gasteiger charge is 2.31. The van der Waals surface area contributed by atoms with Gasteiger partial charge < -0.3 is 0 Å². The maximum absolute atomic E-state index is 13.8. The number of carbonyl (C=O) groups is 1. The van der Waals surface area contributed by atoms with E-state index in [0.717, 1.165) is 32.4 Å². The zero-order chi connectivity index (χ0) is 23.7. The Morgan fingerprint density at radius 1 is 0.941 bits per heavy atom. The molecular weight excluding hydrogens is 458 g/mol. The molecule has 4 nitrogen and oxygen atoms in total. The highest BCUT2D eigenvalue weighted by atomic mass is 32.2. The predicted octanol–water partition coefficient (Wildman–Crippen LogP) is 7.24. The Morgan fingerprint density at radius 3 is 2.18 bits per heavy atom. The summed E-state index contributed by atoms with van der Waals surface area (Å²) in [5.41, 5.74) is 5.16. The average Bonchev–Trinajstić information content (AvgIpc) is 2.87. The smallest absolute Gasteiger partial charge is 0.244 e. The molecule has 0 fully saturated rings. The summed E-state index contributed by atoms with van der Waals surface area (Å²) in [6.07, 6.45) is 0. The lowest BCUT2D eigenvalue weighted by molar-refractivity contribution is -0.117. The first-order valence-corrected chi connectivity index (χ1v) is 12.6. The summed E-state index contributed by atoms with van der Waals surface area (Å²) in [6.45, 7) is 3.92. The monoisotopic (exact) mass is 479 g/mol. The summed E-state index contributed by atoms with van der Waals surface area (Å²) < 4.78 is 0. The molecule has 1 atom stereocenters. The van der Waals surface area contributed by atoms with E-state index in [1.807, 2.05) is 92.7 Å². The maximum atomic E-state index is 13.8. The number of fused-ring (bicyclic) bond motifs is 2. The molecule has 5 rings (SSSR count). The summed E-state index contributed by atoms with van der Waals surface area (Å²) in [5, 5.41) is 9.79. The van der Waals surface area contributed by atoms with E-state index < -0.39 is 5.25 Å². The van der Waals surface area contributed by atoms with Crippen LogP contribution in [0.1, 0.15) is 18.1 Å². The molecule has 4 aromatic rings. The number of rotatable bonds is 4. The van der Waals surface area contributed by atoms with Crippen LogP contribution in [0.15, 0.2) is 99.7 Å². The standard InChI is InChI=1S/C28H21N3OS2/c1-18-11-13-20(14-12-18)22-16-15-21(17-29)27(30-22)33-19(2)28(32)31-23-7-3-5-9-25(23)34-26-10-6-4-8-24(26)31/h3-16,19H,1-2H3. The van der Waals surface area contributed by atoms with Gasteiger partial charge in [-0.15, -0.1) is 0 Å². The lowest BCUT2D eigenvalue weighted by Gasteiger charge is -2.32. The minimum absolute atomic E-state index is 0.0448.